The number of methoxy groups -OCH3 is 1. The average Bonchev–Trinajstić information content (AvgIpc) is 3.10. The predicted molar refractivity (Wildman–Crippen MR) is 128 cm³/mol. The number of benzene rings is 2. The third-order valence-electron chi connectivity index (χ3n) is 6.74. The molecule has 3 N–H and O–H groups in total. The van der Waals surface area contributed by atoms with E-state index >= 15 is 0 Å². The van der Waals surface area contributed by atoms with Gasteiger partial charge in [-0.25, -0.2) is 0 Å². The van der Waals surface area contributed by atoms with Gasteiger partial charge < -0.3 is 25.0 Å². The van der Waals surface area contributed by atoms with Crippen LogP contribution in [-0.2, 0) is 21.4 Å². The minimum absolute atomic E-state index is 0.0101. The topological polar surface area (TPSA) is 122 Å². The second kappa shape index (κ2) is 8.61. The number of carbonyl (C=O) groups is 3. The summed E-state index contributed by atoms with van der Waals surface area (Å²) in [5.74, 6) is -1.70. The molecule has 2 aromatic rings. The van der Waals surface area contributed by atoms with Crippen LogP contribution in [0.1, 0.15) is 47.8 Å². The summed E-state index contributed by atoms with van der Waals surface area (Å²) in [5, 5.41) is 24.5. The van der Waals surface area contributed by atoms with E-state index in [9.17, 15) is 24.6 Å². The number of rotatable bonds is 6. The molecule has 0 fully saturated rings. The predicted octanol–water partition coefficient (Wildman–Crippen LogP) is 3.41. The first-order valence-corrected chi connectivity index (χ1v) is 11.2. The fourth-order valence-corrected chi connectivity index (χ4v) is 4.75. The number of ketones is 3. The quantitative estimate of drug-likeness (QED) is 0.329. The Kier molecular flexibility index (Phi) is 5.92. The number of nitrogens with one attached hydrogen (secondary N) is 1. The fraction of sp³-hybridized carbons (Fsp3) is 0.296. The van der Waals surface area contributed by atoms with Crippen LogP contribution < -0.4 is 14.8 Å². The van der Waals surface area contributed by atoms with Crippen LogP contribution in [0.5, 0.6) is 23.0 Å². The van der Waals surface area contributed by atoms with Crippen LogP contribution in [0.2, 0.25) is 0 Å². The summed E-state index contributed by atoms with van der Waals surface area (Å²) in [6, 6.07) is 7.59. The largest absolute Gasteiger partial charge is 0.507 e. The van der Waals surface area contributed by atoms with Gasteiger partial charge in [0.1, 0.15) is 39.7 Å². The van der Waals surface area contributed by atoms with E-state index in [1.54, 1.807) is 21.0 Å². The van der Waals surface area contributed by atoms with Crippen molar-refractivity contribution in [3.8, 4) is 23.0 Å². The van der Waals surface area contributed by atoms with Crippen molar-refractivity contribution in [3.63, 3.8) is 0 Å². The van der Waals surface area contributed by atoms with E-state index in [1.807, 2.05) is 24.3 Å². The number of ether oxygens (including phenoxy) is 2. The van der Waals surface area contributed by atoms with Crippen LogP contribution in [0.25, 0.3) is 0 Å². The Labute approximate surface area is 202 Å². The van der Waals surface area contributed by atoms with Crippen molar-refractivity contribution in [2.45, 2.75) is 39.5 Å². The normalized spacial score (nSPS) is 20.0. The van der Waals surface area contributed by atoms with Crippen molar-refractivity contribution in [1.29, 1.82) is 0 Å². The number of hydrogen-bond acceptors (Lipinski definition) is 8. The molecule has 0 amide bonds. The lowest BCUT2D eigenvalue weighted by Gasteiger charge is -2.29. The Balaban J connectivity index is 1.73. The number of allylic oxidation sites excluding steroid dienone is 4. The van der Waals surface area contributed by atoms with Crippen molar-refractivity contribution >= 4 is 17.3 Å². The molecule has 1 heterocycles. The third-order valence-corrected chi connectivity index (χ3v) is 6.74. The van der Waals surface area contributed by atoms with Gasteiger partial charge in [0.2, 0.25) is 0 Å². The molecule has 1 unspecified atom stereocenters. The zero-order valence-electron chi connectivity index (χ0n) is 20.2. The summed E-state index contributed by atoms with van der Waals surface area (Å²) in [4.78, 5) is 39.0. The molecule has 4 rings (SSSR count). The van der Waals surface area contributed by atoms with Crippen LogP contribution in [0.3, 0.4) is 0 Å². The second-order valence-electron chi connectivity index (χ2n) is 8.88. The number of Topliss-reactive ketones (excluding diaryl/α,β-unsaturated/α-hetero) is 2. The molecule has 8 heteroatoms. The molecule has 2 aromatic carbocycles. The Morgan fingerprint density at radius 1 is 1.14 bits per heavy atom. The maximum Gasteiger partial charge on any atom is 0.194 e. The van der Waals surface area contributed by atoms with E-state index < -0.39 is 28.5 Å². The van der Waals surface area contributed by atoms with Crippen molar-refractivity contribution in [3.05, 3.63) is 69.6 Å². The van der Waals surface area contributed by atoms with Crippen LogP contribution in [-0.4, -0.2) is 41.2 Å². The Morgan fingerprint density at radius 2 is 1.83 bits per heavy atom. The summed E-state index contributed by atoms with van der Waals surface area (Å²) in [7, 11) is 1.60. The van der Waals surface area contributed by atoms with Gasteiger partial charge in [0.15, 0.2) is 17.3 Å². The molecule has 2 aliphatic rings. The molecule has 0 bridgehead atoms. The van der Waals surface area contributed by atoms with Gasteiger partial charge in [-0.05, 0) is 45.7 Å². The summed E-state index contributed by atoms with van der Waals surface area (Å²) >= 11 is 0. The lowest BCUT2D eigenvalue weighted by atomic mass is 9.70. The minimum atomic E-state index is -1.53. The van der Waals surface area contributed by atoms with E-state index in [0.717, 1.165) is 11.3 Å². The standard InChI is InChI=1S/C27H27NO7/c1-13-23(31)21(15(3)29)25-22(24(13)32)27(4)19(35-25)12-17(30)20(26(27)33)14(2)28-11-10-16-8-6-7-9-18(16)34-5/h6-9,12,28,31-32H,10-11H2,1-5H3. The van der Waals surface area contributed by atoms with E-state index in [1.165, 1.54) is 19.9 Å². The summed E-state index contributed by atoms with van der Waals surface area (Å²) in [5.41, 5.74) is -0.223. The Bertz CT molecular complexity index is 1350. The van der Waals surface area contributed by atoms with Gasteiger partial charge in [-0.2, -0.15) is 0 Å². The minimum Gasteiger partial charge on any atom is -0.507 e. The van der Waals surface area contributed by atoms with Crippen molar-refractivity contribution < 1.29 is 34.1 Å². The first-order chi connectivity index (χ1) is 16.5. The number of para-hydroxylation sites is 1. The van der Waals surface area contributed by atoms with Crippen LogP contribution in [0, 0.1) is 6.92 Å². The smallest absolute Gasteiger partial charge is 0.194 e. The van der Waals surface area contributed by atoms with Crippen molar-refractivity contribution in [1.82, 2.24) is 5.32 Å². The zero-order valence-corrected chi connectivity index (χ0v) is 20.2. The monoisotopic (exact) mass is 477 g/mol. The molecule has 0 radical (unpaired) electrons. The summed E-state index contributed by atoms with van der Waals surface area (Å²) in [6.07, 6.45) is 1.81. The van der Waals surface area contributed by atoms with Gasteiger partial charge in [0.05, 0.1) is 18.2 Å². The van der Waals surface area contributed by atoms with Crippen LogP contribution in [0.15, 0.2) is 47.4 Å². The molecule has 0 saturated heterocycles. The van der Waals surface area contributed by atoms with E-state index in [-0.39, 0.29) is 39.5 Å². The lowest BCUT2D eigenvalue weighted by molar-refractivity contribution is -0.123. The molecular weight excluding hydrogens is 450 g/mol. The Morgan fingerprint density at radius 3 is 2.49 bits per heavy atom. The molecule has 0 spiro atoms. The highest BCUT2D eigenvalue weighted by atomic mass is 16.5. The van der Waals surface area contributed by atoms with E-state index in [2.05, 4.69) is 5.32 Å². The van der Waals surface area contributed by atoms with Crippen LogP contribution >= 0.6 is 0 Å². The maximum atomic E-state index is 13.8. The number of fused-ring (bicyclic) bond motifs is 3. The van der Waals surface area contributed by atoms with Gasteiger partial charge >= 0.3 is 0 Å². The molecule has 8 nitrogen and oxygen atoms in total. The van der Waals surface area contributed by atoms with Gasteiger partial charge in [-0.3, -0.25) is 14.4 Å². The molecule has 0 saturated carbocycles. The highest BCUT2D eigenvalue weighted by molar-refractivity contribution is 6.31. The molecule has 182 valence electrons. The van der Waals surface area contributed by atoms with Gasteiger partial charge in [0.25, 0.3) is 0 Å². The zero-order chi connectivity index (χ0) is 25.7. The second-order valence-corrected chi connectivity index (χ2v) is 8.88. The summed E-state index contributed by atoms with van der Waals surface area (Å²) < 4.78 is 11.1. The first kappa shape index (κ1) is 24.1. The molecule has 1 atom stereocenters. The van der Waals surface area contributed by atoms with Crippen LogP contribution in [0.4, 0.5) is 0 Å². The summed E-state index contributed by atoms with van der Waals surface area (Å²) in [6.45, 7) is 6.34. The molecule has 1 aliphatic heterocycles. The number of aromatic hydroxyl groups is 2. The highest BCUT2D eigenvalue weighted by Gasteiger charge is 2.56. The number of carbonyl (C=O) groups excluding carboxylic acids is 3. The number of phenols is 2. The van der Waals surface area contributed by atoms with E-state index in [0.29, 0.717) is 18.7 Å². The molecule has 0 aromatic heterocycles. The van der Waals surface area contributed by atoms with Crippen molar-refractivity contribution in [2.24, 2.45) is 0 Å². The van der Waals surface area contributed by atoms with Gasteiger partial charge in [-0.1, -0.05) is 18.2 Å². The van der Waals surface area contributed by atoms with Gasteiger partial charge in [-0.15, -0.1) is 0 Å². The van der Waals surface area contributed by atoms with Crippen molar-refractivity contribution in [2.75, 3.05) is 13.7 Å². The number of hydrogen-bond donors (Lipinski definition) is 3. The lowest BCUT2D eigenvalue weighted by Crippen LogP contribution is -2.41. The SMILES string of the molecule is COc1ccccc1CCNC(C)=C1C(=O)C=C2Oc3c(C(C)=O)c(O)c(C)c(O)c3C2(C)C1=O. The Hall–Kier alpha value is -4.07. The molecule has 1 aliphatic carbocycles. The maximum absolute atomic E-state index is 13.8. The number of phenolic OH excluding ortho intramolecular Hbond substituents is 2. The molecule has 35 heavy (non-hydrogen) atoms. The fourth-order valence-electron chi connectivity index (χ4n) is 4.75. The first-order valence-electron chi connectivity index (χ1n) is 11.2. The van der Waals surface area contributed by atoms with Gasteiger partial charge in [0, 0.05) is 23.9 Å². The average molecular weight is 478 g/mol. The highest BCUT2D eigenvalue weighted by Crippen LogP contribution is 2.57. The van der Waals surface area contributed by atoms with E-state index in [4.69, 9.17) is 9.47 Å². The molecular formula is C27H27NO7. The third kappa shape index (κ3) is 3.56.